The van der Waals surface area contributed by atoms with E-state index in [1.165, 1.54) is 11.3 Å². The lowest BCUT2D eigenvalue weighted by molar-refractivity contribution is 0.0947. The summed E-state index contributed by atoms with van der Waals surface area (Å²) in [7, 11) is 0. The largest absolute Gasteiger partial charge is 0.388 e. The summed E-state index contributed by atoms with van der Waals surface area (Å²) in [5, 5.41) is 18.3. The predicted octanol–water partition coefficient (Wildman–Crippen LogP) is 2.66. The smallest absolute Gasteiger partial charge is 0.261 e. The summed E-state index contributed by atoms with van der Waals surface area (Å²) < 4.78 is 0. The Morgan fingerprint density at radius 3 is 2.94 bits per heavy atom. The van der Waals surface area contributed by atoms with Crippen LogP contribution < -0.4 is 5.32 Å². The van der Waals surface area contributed by atoms with E-state index in [0.717, 1.165) is 5.56 Å². The molecule has 0 unspecified atom stereocenters. The number of carbonyl (C=O) groups excluding carboxylic acids is 1. The van der Waals surface area contributed by atoms with E-state index in [0.29, 0.717) is 17.8 Å². The molecule has 2 N–H and O–H groups in total. The van der Waals surface area contributed by atoms with Crippen molar-refractivity contribution in [3.05, 3.63) is 44.8 Å². The second-order valence-corrected chi connectivity index (χ2v) is 5.32. The van der Waals surface area contributed by atoms with Gasteiger partial charge >= 0.3 is 0 Å². The van der Waals surface area contributed by atoms with Crippen LogP contribution >= 0.6 is 22.7 Å². The van der Waals surface area contributed by atoms with Crippen molar-refractivity contribution in [1.82, 2.24) is 5.32 Å². The molecule has 3 nitrogen and oxygen atoms in total. The molecule has 1 amide bonds. The van der Waals surface area contributed by atoms with Gasteiger partial charge in [-0.2, -0.15) is 11.3 Å². The van der Waals surface area contributed by atoms with E-state index in [4.69, 9.17) is 0 Å². The molecule has 5 heteroatoms. The molecule has 0 radical (unpaired) electrons. The monoisotopic (exact) mass is 267 g/mol. The summed E-state index contributed by atoms with van der Waals surface area (Å²) >= 11 is 2.97. The van der Waals surface area contributed by atoms with Crippen LogP contribution in [0.3, 0.4) is 0 Å². The number of hydrogen-bond acceptors (Lipinski definition) is 4. The van der Waals surface area contributed by atoms with Gasteiger partial charge in [-0.1, -0.05) is 6.07 Å². The lowest BCUT2D eigenvalue weighted by Crippen LogP contribution is -2.24. The summed E-state index contributed by atoms with van der Waals surface area (Å²) in [5.74, 6) is -0.0717. The molecule has 0 aliphatic carbocycles. The van der Waals surface area contributed by atoms with Crippen LogP contribution in [0.5, 0.6) is 0 Å². The zero-order valence-corrected chi connectivity index (χ0v) is 10.8. The van der Waals surface area contributed by atoms with Crippen LogP contribution in [0, 0.1) is 0 Å². The third-order valence-electron chi connectivity index (χ3n) is 2.38. The Hall–Kier alpha value is -1.17. The Labute approximate surface area is 108 Å². The van der Waals surface area contributed by atoms with Crippen LogP contribution in [0.25, 0.3) is 0 Å². The Morgan fingerprint density at radius 1 is 1.41 bits per heavy atom. The number of carbonyl (C=O) groups is 1. The third kappa shape index (κ3) is 3.39. The Morgan fingerprint density at radius 2 is 2.29 bits per heavy atom. The minimum absolute atomic E-state index is 0.0717. The molecule has 0 aromatic carbocycles. The van der Waals surface area contributed by atoms with Gasteiger partial charge in [0.15, 0.2) is 0 Å². The summed E-state index contributed by atoms with van der Waals surface area (Å²) in [6.07, 6.45) is 0.0401. The van der Waals surface area contributed by atoms with Crippen molar-refractivity contribution in [2.75, 3.05) is 6.54 Å². The standard InChI is InChI=1S/C12H13NO2S2/c14-10(9-4-7-16-8-9)3-5-13-12(15)11-2-1-6-17-11/h1-2,4,6-8,10,14H,3,5H2,(H,13,15)/t10-/m0/s1. The van der Waals surface area contributed by atoms with E-state index < -0.39 is 6.10 Å². The second kappa shape index (κ2) is 5.95. The molecule has 2 aromatic heterocycles. The fraction of sp³-hybridized carbons (Fsp3) is 0.250. The molecule has 2 heterocycles. The van der Waals surface area contributed by atoms with E-state index in [2.05, 4.69) is 5.32 Å². The number of thiophene rings is 2. The summed E-state index contributed by atoms with van der Waals surface area (Å²) in [4.78, 5) is 12.3. The van der Waals surface area contributed by atoms with E-state index in [9.17, 15) is 9.90 Å². The van der Waals surface area contributed by atoms with Crippen LogP contribution in [-0.2, 0) is 0 Å². The number of rotatable bonds is 5. The molecule has 1 atom stereocenters. The van der Waals surface area contributed by atoms with Crippen molar-refractivity contribution in [2.24, 2.45) is 0 Å². The highest BCUT2D eigenvalue weighted by Gasteiger charge is 2.09. The number of hydrogen-bond donors (Lipinski definition) is 2. The van der Waals surface area contributed by atoms with Crippen LogP contribution in [0.4, 0.5) is 0 Å². The fourth-order valence-electron chi connectivity index (χ4n) is 1.45. The molecular formula is C12H13NO2S2. The SMILES string of the molecule is O=C(NCC[C@H](O)c1ccsc1)c1cccs1. The van der Waals surface area contributed by atoms with Crippen molar-refractivity contribution in [3.63, 3.8) is 0 Å². The Kier molecular flexibility index (Phi) is 4.30. The molecule has 90 valence electrons. The average molecular weight is 267 g/mol. The van der Waals surface area contributed by atoms with Crippen LogP contribution in [0.1, 0.15) is 27.8 Å². The van der Waals surface area contributed by atoms with Crippen LogP contribution in [0.2, 0.25) is 0 Å². The first-order valence-corrected chi connectivity index (χ1v) is 7.11. The highest BCUT2D eigenvalue weighted by Crippen LogP contribution is 2.18. The number of amides is 1. The van der Waals surface area contributed by atoms with Crippen molar-refractivity contribution in [1.29, 1.82) is 0 Å². The van der Waals surface area contributed by atoms with Crippen LogP contribution in [0.15, 0.2) is 34.3 Å². The van der Waals surface area contributed by atoms with Gasteiger partial charge in [0, 0.05) is 6.54 Å². The van der Waals surface area contributed by atoms with Crippen molar-refractivity contribution in [3.8, 4) is 0 Å². The number of aliphatic hydroxyl groups excluding tert-OH is 1. The van der Waals surface area contributed by atoms with E-state index >= 15 is 0 Å². The maximum Gasteiger partial charge on any atom is 0.261 e. The van der Waals surface area contributed by atoms with Gasteiger partial charge in [-0.25, -0.2) is 0 Å². The molecular weight excluding hydrogens is 254 g/mol. The lowest BCUT2D eigenvalue weighted by atomic mass is 10.1. The van der Waals surface area contributed by atoms with E-state index in [-0.39, 0.29) is 5.91 Å². The molecule has 0 fully saturated rings. The predicted molar refractivity (Wildman–Crippen MR) is 70.5 cm³/mol. The zero-order valence-electron chi connectivity index (χ0n) is 9.13. The molecule has 0 spiro atoms. The van der Waals surface area contributed by atoms with Crippen molar-refractivity contribution >= 4 is 28.6 Å². The van der Waals surface area contributed by atoms with Gasteiger partial charge < -0.3 is 10.4 Å². The van der Waals surface area contributed by atoms with Gasteiger partial charge in [-0.05, 0) is 40.3 Å². The molecule has 2 aromatic rings. The van der Waals surface area contributed by atoms with Gasteiger partial charge in [-0.3, -0.25) is 4.79 Å². The minimum atomic E-state index is -0.495. The summed E-state index contributed by atoms with van der Waals surface area (Å²) in [5.41, 5.74) is 0.917. The van der Waals surface area contributed by atoms with Crippen molar-refractivity contribution in [2.45, 2.75) is 12.5 Å². The van der Waals surface area contributed by atoms with Gasteiger partial charge in [0.25, 0.3) is 5.91 Å². The van der Waals surface area contributed by atoms with Gasteiger partial charge in [0.1, 0.15) is 0 Å². The highest BCUT2D eigenvalue weighted by molar-refractivity contribution is 7.12. The van der Waals surface area contributed by atoms with Gasteiger partial charge in [0.2, 0.25) is 0 Å². The topological polar surface area (TPSA) is 49.3 Å². The maximum absolute atomic E-state index is 11.6. The van der Waals surface area contributed by atoms with Gasteiger partial charge in [-0.15, -0.1) is 11.3 Å². The Bertz CT molecular complexity index is 451. The normalized spacial score (nSPS) is 12.3. The van der Waals surface area contributed by atoms with E-state index in [1.807, 2.05) is 28.3 Å². The molecule has 17 heavy (non-hydrogen) atoms. The van der Waals surface area contributed by atoms with E-state index in [1.54, 1.807) is 17.4 Å². The maximum atomic E-state index is 11.6. The minimum Gasteiger partial charge on any atom is -0.388 e. The summed E-state index contributed by atoms with van der Waals surface area (Å²) in [6, 6.07) is 5.53. The van der Waals surface area contributed by atoms with Crippen LogP contribution in [-0.4, -0.2) is 17.6 Å². The Balaban J connectivity index is 1.75. The molecule has 0 aliphatic rings. The van der Waals surface area contributed by atoms with Gasteiger partial charge in [0.05, 0.1) is 11.0 Å². The number of nitrogens with one attached hydrogen (secondary N) is 1. The first-order chi connectivity index (χ1) is 8.27. The average Bonchev–Trinajstić information content (AvgIpc) is 3.02. The molecule has 0 bridgehead atoms. The molecule has 0 saturated carbocycles. The number of aliphatic hydroxyl groups is 1. The van der Waals surface area contributed by atoms with Crippen molar-refractivity contribution < 1.29 is 9.90 Å². The third-order valence-corrected chi connectivity index (χ3v) is 3.95. The fourth-order valence-corrected chi connectivity index (χ4v) is 2.80. The summed E-state index contributed by atoms with van der Waals surface area (Å²) in [6.45, 7) is 0.480. The molecule has 2 rings (SSSR count). The first kappa shape index (κ1) is 12.3. The zero-order chi connectivity index (χ0) is 12.1. The molecule has 0 saturated heterocycles. The first-order valence-electron chi connectivity index (χ1n) is 5.29. The highest BCUT2D eigenvalue weighted by atomic mass is 32.1. The lowest BCUT2D eigenvalue weighted by Gasteiger charge is -2.09. The quantitative estimate of drug-likeness (QED) is 0.875. The molecule has 0 aliphatic heterocycles. The second-order valence-electron chi connectivity index (χ2n) is 3.59.